The first-order valence-corrected chi connectivity index (χ1v) is 5.68. The number of piperidine rings is 1. The van der Waals surface area contributed by atoms with Gasteiger partial charge in [-0.05, 0) is 50.7 Å². The third kappa shape index (κ3) is 3.65. The summed E-state index contributed by atoms with van der Waals surface area (Å²) in [4.78, 5) is 2.57. The Hall–Kier alpha value is -0.0800. The molecule has 0 aromatic rings. The fourth-order valence-electron chi connectivity index (χ4n) is 2.30. The van der Waals surface area contributed by atoms with Crippen LogP contribution in [0.4, 0.5) is 0 Å². The Balaban J connectivity index is 2.25. The normalized spacial score (nSPS) is 27.5. The highest BCUT2D eigenvalue weighted by molar-refractivity contribution is 4.74. The standard InChI is InChI=1S/C11H24N2/c1-3-13-6-4-5-11(9-13)7-10(2)8-12/h10-11H,3-9,12H2,1-2H3. The number of rotatable bonds is 4. The van der Waals surface area contributed by atoms with E-state index in [1.54, 1.807) is 0 Å². The monoisotopic (exact) mass is 184 g/mol. The molecule has 1 saturated heterocycles. The largest absolute Gasteiger partial charge is 0.330 e. The Morgan fingerprint density at radius 3 is 2.92 bits per heavy atom. The smallest absolute Gasteiger partial charge is 0.000966 e. The molecule has 0 spiro atoms. The van der Waals surface area contributed by atoms with E-state index in [9.17, 15) is 0 Å². The van der Waals surface area contributed by atoms with Crippen molar-refractivity contribution in [2.24, 2.45) is 17.6 Å². The molecule has 2 nitrogen and oxygen atoms in total. The quantitative estimate of drug-likeness (QED) is 0.720. The van der Waals surface area contributed by atoms with Crippen molar-refractivity contribution >= 4 is 0 Å². The number of hydrogen-bond acceptors (Lipinski definition) is 2. The average molecular weight is 184 g/mol. The van der Waals surface area contributed by atoms with Crippen LogP contribution in [0, 0.1) is 11.8 Å². The molecule has 2 unspecified atom stereocenters. The molecule has 0 aromatic carbocycles. The molecule has 0 aromatic heterocycles. The van der Waals surface area contributed by atoms with E-state index < -0.39 is 0 Å². The van der Waals surface area contributed by atoms with Crippen LogP contribution in [0.1, 0.15) is 33.1 Å². The summed E-state index contributed by atoms with van der Waals surface area (Å²) in [6, 6.07) is 0. The Bertz CT molecular complexity index is 134. The predicted octanol–water partition coefficient (Wildman–Crippen LogP) is 1.70. The molecule has 1 heterocycles. The molecule has 1 aliphatic heterocycles. The highest BCUT2D eigenvalue weighted by atomic mass is 15.1. The van der Waals surface area contributed by atoms with Gasteiger partial charge in [-0.3, -0.25) is 0 Å². The maximum absolute atomic E-state index is 5.64. The van der Waals surface area contributed by atoms with Crippen molar-refractivity contribution in [3.8, 4) is 0 Å². The zero-order valence-electron chi connectivity index (χ0n) is 9.13. The van der Waals surface area contributed by atoms with Gasteiger partial charge in [-0.25, -0.2) is 0 Å². The second kappa shape index (κ2) is 5.61. The van der Waals surface area contributed by atoms with Crippen LogP contribution in [0.2, 0.25) is 0 Å². The Morgan fingerprint density at radius 2 is 2.31 bits per heavy atom. The molecule has 0 bridgehead atoms. The molecule has 0 amide bonds. The van der Waals surface area contributed by atoms with Crippen LogP contribution in [-0.4, -0.2) is 31.1 Å². The van der Waals surface area contributed by atoms with E-state index in [1.165, 1.54) is 38.9 Å². The van der Waals surface area contributed by atoms with Crippen LogP contribution >= 0.6 is 0 Å². The van der Waals surface area contributed by atoms with Crippen LogP contribution in [0.3, 0.4) is 0 Å². The molecule has 2 N–H and O–H groups in total. The zero-order valence-corrected chi connectivity index (χ0v) is 9.13. The summed E-state index contributed by atoms with van der Waals surface area (Å²) >= 11 is 0. The SMILES string of the molecule is CCN1CCCC(CC(C)CN)C1. The second-order valence-corrected chi connectivity index (χ2v) is 4.48. The zero-order chi connectivity index (χ0) is 9.68. The fourth-order valence-corrected chi connectivity index (χ4v) is 2.30. The predicted molar refractivity (Wildman–Crippen MR) is 57.7 cm³/mol. The maximum atomic E-state index is 5.64. The molecule has 0 aliphatic carbocycles. The van der Waals surface area contributed by atoms with Crippen molar-refractivity contribution in [1.82, 2.24) is 4.90 Å². The van der Waals surface area contributed by atoms with Crippen molar-refractivity contribution in [1.29, 1.82) is 0 Å². The van der Waals surface area contributed by atoms with Gasteiger partial charge in [-0.2, -0.15) is 0 Å². The van der Waals surface area contributed by atoms with Crippen LogP contribution in [0.15, 0.2) is 0 Å². The number of likely N-dealkylation sites (tertiary alicyclic amines) is 1. The van der Waals surface area contributed by atoms with Gasteiger partial charge >= 0.3 is 0 Å². The summed E-state index contributed by atoms with van der Waals surface area (Å²) in [5.74, 6) is 1.62. The van der Waals surface area contributed by atoms with Crippen LogP contribution < -0.4 is 5.73 Å². The molecule has 0 radical (unpaired) electrons. The van der Waals surface area contributed by atoms with Crippen LogP contribution in [-0.2, 0) is 0 Å². The van der Waals surface area contributed by atoms with Crippen LogP contribution in [0.5, 0.6) is 0 Å². The summed E-state index contributed by atoms with van der Waals surface area (Å²) in [6.07, 6.45) is 4.13. The highest BCUT2D eigenvalue weighted by Crippen LogP contribution is 2.22. The van der Waals surface area contributed by atoms with Gasteiger partial charge in [0, 0.05) is 6.54 Å². The van der Waals surface area contributed by atoms with Gasteiger partial charge in [-0.15, -0.1) is 0 Å². The van der Waals surface area contributed by atoms with Gasteiger partial charge in [0.15, 0.2) is 0 Å². The van der Waals surface area contributed by atoms with E-state index in [2.05, 4.69) is 18.7 Å². The highest BCUT2D eigenvalue weighted by Gasteiger charge is 2.19. The van der Waals surface area contributed by atoms with Crippen molar-refractivity contribution < 1.29 is 0 Å². The van der Waals surface area contributed by atoms with E-state index in [-0.39, 0.29) is 0 Å². The van der Waals surface area contributed by atoms with E-state index >= 15 is 0 Å². The van der Waals surface area contributed by atoms with Gasteiger partial charge in [0.2, 0.25) is 0 Å². The van der Waals surface area contributed by atoms with Gasteiger partial charge < -0.3 is 10.6 Å². The molecule has 1 aliphatic rings. The lowest BCUT2D eigenvalue weighted by atomic mass is 9.89. The lowest BCUT2D eigenvalue weighted by Crippen LogP contribution is -2.36. The first-order valence-electron chi connectivity index (χ1n) is 5.68. The summed E-state index contributed by atoms with van der Waals surface area (Å²) in [5.41, 5.74) is 5.64. The first-order chi connectivity index (χ1) is 6.26. The molecule has 13 heavy (non-hydrogen) atoms. The van der Waals surface area contributed by atoms with Crippen molar-refractivity contribution in [3.63, 3.8) is 0 Å². The first kappa shape index (κ1) is 11.0. The Kier molecular flexibility index (Phi) is 4.74. The van der Waals surface area contributed by atoms with Crippen molar-refractivity contribution in [2.45, 2.75) is 33.1 Å². The molecular formula is C11H24N2. The third-order valence-corrected chi connectivity index (χ3v) is 3.19. The Morgan fingerprint density at radius 1 is 1.54 bits per heavy atom. The minimum atomic E-state index is 0.710. The molecule has 0 saturated carbocycles. The van der Waals surface area contributed by atoms with Gasteiger partial charge in [0.05, 0.1) is 0 Å². The van der Waals surface area contributed by atoms with Gasteiger partial charge in [-0.1, -0.05) is 13.8 Å². The van der Waals surface area contributed by atoms with Gasteiger partial charge in [0.25, 0.3) is 0 Å². The molecule has 1 rings (SSSR count). The summed E-state index contributed by atoms with van der Waals surface area (Å²) < 4.78 is 0. The number of hydrogen-bond donors (Lipinski definition) is 1. The lowest BCUT2D eigenvalue weighted by molar-refractivity contribution is 0.165. The molecule has 2 heteroatoms. The minimum absolute atomic E-state index is 0.710. The van der Waals surface area contributed by atoms with Gasteiger partial charge in [0.1, 0.15) is 0 Å². The molecular weight excluding hydrogens is 160 g/mol. The number of nitrogens with two attached hydrogens (primary N) is 1. The summed E-state index contributed by atoms with van der Waals surface area (Å²) in [6.45, 7) is 9.21. The lowest BCUT2D eigenvalue weighted by Gasteiger charge is -2.32. The third-order valence-electron chi connectivity index (χ3n) is 3.19. The molecule has 78 valence electrons. The molecule has 1 fully saturated rings. The van der Waals surface area contributed by atoms with Crippen LogP contribution in [0.25, 0.3) is 0 Å². The second-order valence-electron chi connectivity index (χ2n) is 4.48. The number of nitrogens with zero attached hydrogens (tertiary/aromatic N) is 1. The summed E-state index contributed by atoms with van der Waals surface area (Å²) in [5, 5.41) is 0. The van der Waals surface area contributed by atoms with Crippen molar-refractivity contribution in [2.75, 3.05) is 26.2 Å². The maximum Gasteiger partial charge on any atom is 0.000966 e. The average Bonchev–Trinajstić information content (AvgIpc) is 2.18. The molecule has 2 atom stereocenters. The van der Waals surface area contributed by atoms with Crippen molar-refractivity contribution in [3.05, 3.63) is 0 Å². The van der Waals surface area contributed by atoms with E-state index in [1.807, 2.05) is 0 Å². The van der Waals surface area contributed by atoms with E-state index in [4.69, 9.17) is 5.73 Å². The fraction of sp³-hybridized carbons (Fsp3) is 1.00. The minimum Gasteiger partial charge on any atom is -0.330 e. The van der Waals surface area contributed by atoms with E-state index in [0.717, 1.165) is 12.5 Å². The van der Waals surface area contributed by atoms with E-state index in [0.29, 0.717) is 5.92 Å². The summed E-state index contributed by atoms with van der Waals surface area (Å²) in [7, 11) is 0. The topological polar surface area (TPSA) is 29.3 Å². The Labute approximate surface area is 82.5 Å².